The van der Waals surface area contributed by atoms with Gasteiger partial charge in [0.05, 0.1) is 29.7 Å². The van der Waals surface area contributed by atoms with Crippen LogP contribution in [0.4, 0.5) is 5.69 Å². The molecule has 0 saturated carbocycles. The van der Waals surface area contributed by atoms with Gasteiger partial charge in [-0.15, -0.1) is 0 Å². The van der Waals surface area contributed by atoms with Crippen molar-refractivity contribution in [2.24, 2.45) is 5.10 Å². The zero-order chi connectivity index (χ0) is 18.9. The first-order valence-corrected chi connectivity index (χ1v) is 11.4. The SMILES string of the molecule is CCS(=O)(=O)Nc1ccccc1C1=NN(S(C)(=O)=O)[C@H](c2ccco2)C1. The van der Waals surface area contributed by atoms with Crippen molar-refractivity contribution in [3.05, 3.63) is 54.0 Å². The molecule has 0 radical (unpaired) electrons. The summed E-state index contributed by atoms with van der Waals surface area (Å²) in [7, 11) is -7.10. The maximum Gasteiger partial charge on any atom is 0.247 e. The summed E-state index contributed by atoms with van der Waals surface area (Å²) in [5, 5.41) is 4.25. The van der Waals surface area contributed by atoms with Crippen LogP contribution in [0.1, 0.15) is 30.7 Å². The number of nitrogens with one attached hydrogen (secondary N) is 1. The lowest BCUT2D eigenvalue weighted by molar-refractivity contribution is 0.322. The van der Waals surface area contributed by atoms with Gasteiger partial charge in [-0.25, -0.2) is 16.8 Å². The second kappa shape index (κ2) is 6.76. The number of furan rings is 1. The van der Waals surface area contributed by atoms with Gasteiger partial charge in [-0.05, 0) is 25.1 Å². The van der Waals surface area contributed by atoms with Crippen LogP contribution in [-0.2, 0) is 20.0 Å². The third-order valence-corrected chi connectivity index (χ3v) is 6.27. The molecule has 1 aromatic carbocycles. The lowest BCUT2D eigenvalue weighted by atomic mass is 10.0. The first-order valence-electron chi connectivity index (χ1n) is 7.91. The van der Waals surface area contributed by atoms with E-state index in [9.17, 15) is 16.8 Å². The molecule has 0 aliphatic carbocycles. The molecule has 10 heteroatoms. The third kappa shape index (κ3) is 3.75. The van der Waals surface area contributed by atoms with E-state index in [1.807, 2.05) is 0 Å². The van der Waals surface area contributed by atoms with Crippen LogP contribution in [0.15, 0.2) is 52.2 Å². The molecule has 8 nitrogen and oxygen atoms in total. The average Bonchev–Trinajstić information content (AvgIpc) is 3.24. The smallest absolute Gasteiger partial charge is 0.247 e. The molecule has 1 atom stereocenters. The molecule has 0 saturated heterocycles. The summed E-state index contributed by atoms with van der Waals surface area (Å²) in [6, 6.07) is 9.53. The van der Waals surface area contributed by atoms with Gasteiger partial charge in [-0.3, -0.25) is 4.72 Å². The molecule has 1 N–H and O–H groups in total. The van der Waals surface area contributed by atoms with Crippen LogP contribution in [0.2, 0.25) is 0 Å². The van der Waals surface area contributed by atoms with Crippen LogP contribution in [0.3, 0.4) is 0 Å². The van der Waals surface area contributed by atoms with Crippen molar-refractivity contribution in [1.29, 1.82) is 0 Å². The van der Waals surface area contributed by atoms with Gasteiger partial charge in [0.2, 0.25) is 20.0 Å². The highest BCUT2D eigenvalue weighted by Gasteiger charge is 2.36. The van der Waals surface area contributed by atoms with Crippen LogP contribution in [0.5, 0.6) is 0 Å². The van der Waals surface area contributed by atoms with Crippen molar-refractivity contribution < 1.29 is 21.3 Å². The molecule has 140 valence electrons. The third-order valence-electron chi connectivity index (χ3n) is 3.97. The van der Waals surface area contributed by atoms with Crippen LogP contribution in [0.25, 0.3) is 0 Å². The monoisotopic (exact) mass is 397 g/mol. The Labute approximate surface area is 152 Å². The van der Waals surface area contributed by atoms with Gasteiger partial charge < -0.3 is 4.42 Å². The Morgan fingerprint density at radius 1 is 1.19 bits per heavy atom. The Bertz CT molecular complexity index is 1030. The molecule has 1 aliphatic rings. The van der Waals surface area contributed by atoms with E-state index in [1.165, 1.54) is 13.2 Å². The van der Waals surface area contributed by atoms with Crippen LogP contribution < -0.4 is 4.72 Å². The van der Waals surface area contributed by atoms with E-state index in [0.29, 0.717) is 22.7 Å². The Kier molecular flexibility index (Phi) is 4.80. The minimum absolute atomic E-state index is 0.0711. The van der Waals surface area contributed by atoms with Gasteiger partial charge in [0.15, 0.2) is 0 Å². The van der Waals surface area contributed by atoms with Crippen LogP contribution in [0, 0.1) is 0 Å². The molecular formula is C16H19N3O5S2. The molecule has 0 spiro atoms. The van der Waals surface area contributed by atoms with Crippen molar-refractivity contribution >= 4 is 31.4 Å². The fraction of sp³-hybridized carbons (Fsp3) is 0.312. The highest BCUT2D eigenvalue weighted by molar-refractivity contribution is 7.92. The minimum Gasteiger partial charge on any atom is -0.467 e. The van der Waals surface area contributed by atoms with E-state index >= 15 is 0 Å². The predicted octanol–water partition coefficient (Wildman–Crippen LogP) is 2.15. The predicted molar refractivity (Wildman–Crippen MR) is 98.8 cm³/mol. The van der Waals surface area contributed by atoms with Crippen molar-refractivity contribution in [3.63, 3.8) is 0 Å². The number of nitrogens with zero attached hydrogens (tertiary/aromatic N) is 2. The number of sulfonamides is 2. The van der Waals surface area contributed by atoms with E-state index in [4.69, 9.17) is 4.42 Å². The van der Waals surface area contributed by atoms with Gasteiger partial charge >= 0.3 is 0 Å². The topological polar surface area (TPSA) is 109 Å². The molecule has 0 amide bonds. The number of para-hydroxylation sites is 1. The Morgan fingerprint density at radius 2 is 1.92 bits per heavy atom. The number of hydrogen-bond acceptors (Lipinski definition) is 6. The quantitative estimate of drug-likeness (QED) is 0.803. The maximum absolute atomic E-state index is 12.1. The van der Waals surface area contributed by atoms with Crippen molar-refractivity contribution in [2.75, 3.05) is 16.7 Å². The van der Waals surface area contributed by atoms with Gasteiger partial charge in [0.1, 0.15) is 11.8 Å². The van der Waals surface area contributed by atoms with Crippen molar-refractivity contribution in [3.8, 4) is 0 Å². The van der Waals surface area contributed by atoms with Gasteiger partial charge in [0.25, 0.3) is 0 Å². The number of hydrazone groups is 1. The Morgan fingerprint density at radius 3 is 2.54 bits per heavy atom. The van der Waals surface area contributed by atoms with Crippen LogP contribution >= 0.6 is 0 Å². The molecule has 0 bridgehead atoms. The highest BCUT2D eigenvalue weighted by Crippen LogP contribution is 2.36. The lowest BCUT2D eigenvalue weighted by Gasteiger charge is -2.18. The van der Waals surface area contributed by atoms with Crippen LogP contribution in [-0.4, -0.2) is 39.0 Å². The van der Waals surface area contributed by atoms with E-state index in [0.717, 1.165) is 10.7 Å². The molecule has 3 rings (SSSR count). The molecule has 0 fully saturated rings. The number of anilines is 1. The Balaban J connectivity index is 2.03. The molecule has 26 heavy (non-hydrogen) atoms. The molecule has 0 unspecified atom stereocenters. The second-order valence-electron chi connectivity index (χ2n) is 5.87. The molecule has 1 aliphatic heterocycles. The van der Waals surface area contributed by atoms with Gasteiger partial charge in [0, 0.05) is 12.0 Å². The molecular weight excluding hydrogens is 378 g/mol. The van der Waals surface area contributed by atoms with Crippen molar-refractivity contribution in [2.45, 2.75) is 19.4 Å². The molecule has 1 aromatic heterocycles. The van der Waals surface area contributed by atoms with E-state index in [1.54, 1.807) is 36.4 Å². The fourth-order valence-corrected chi connectivity index (χ4v) is 4.26. The fourth-order valence-electron chi connectivity index (χ4n) is 2.71. The van der Waals surface area contributed by atoms with Crippen molar-refractivity contribution in [1.82, 2.24) is 4.41 Å². The highest BCUT2D eigenvalue weighted by atomic mass is 32.2. The summed E-state index contributed by atoms with van der Waals surface area (Å²) in [5.74, 6) is 0.402. The largest absolute Gasteiger partial charge is 0.467 e. The van der Waals surface area contributed by atoms with E-state index in [2.05, 4.69) is 9.82 Å². The van der Waals surface area contributed by atoms with E-state index in [-0.39, 0.29) is 12.2 Å². The minimum atomic E-state index is -3.62. The number of rotatable bonds is 6. The summed E-state index contributed by atoms with van der Waals surface area (Å²) in [6.45, 7) is 1.54. The lowest BCUT2D eigenvalue weighted by Crippen LogP contribution is -2.25. The Hall–Kier alpha value is -2.33. The van der Waals surface area contributed by atoms with E-state index < -0.39 is 26.1 Å². The molecule has 2 heterocycles. The number of benzene rings is 1. The average molecular weight is 397 g/mol. The first kappa shape index (κ1) is 18.5. The zero-order valence-corrected chi connectivity index (χ0v) is 15.9. The zero-order valence-electron chi connectivity index (χ0n) is 14.3. The normalized spacial score (nSPS) is 18.0. The molecule has 2 aromatic rings. The number of hydrogen-bond donors (Lipinski definition) is 1. The van der Waals surface area contributed by atoms with Gasteiger partial charge in [-0.1, -0.05) is 18.2 Å². The summed E-state index contributed by atoms with van der Waals surface area (Å²) in [4.78, 5) is 0. The van der Waals surface area contributed by atoms with Gasteiger partial charge in [-0.2, -0.15) is 9.52 Å². The summed E-state index contributed by atoms with van der Waals surface area (Å²) >= 11 is 0. The summed E-state index contributed by atoms with van der Waals surface area (Å²) in [6.07, 6.45) is 2.81. The first-order chi connectivity index (χ1) is 12.2. The summed E-state index contributed by atoms with van der Waals surface area (Å²) < 4.78 is 57.0. The standard InChI is InChI=1S/C16H19N3O5S2/c1-3-26(22,23)18-13-8-5-4-7-12(13)14-11-15(16-9-6-10-24-16)19(17-14)25(2,20)21/h4-10,15,18H,3,11H2,1-2H3/t15-/m0/s1. The summed E-state index contributed by atoms with van der Waals surface area (Å²) in [5.41, 5.74) is 1.36. The maximum atomic E-state index is 12.1. The second-order valence-corrected chi connectivity index (χ2v) is 9.72.